The fraction of sp³-hybridized carbons (Fsp3) is 0.355. The molecule has 1 N–H and O–H groups in total. The first-order valence-electron chi connectivity index (χ1n) is 14.0. The van der Waals surface area contributed by atoms with Crippen molar-refractivity contribution < 1.29 is 27.5 Å². The lowest BCUT2D eigenvalue weighted by Crippen LogP contribution is -2.52. The number of benzene rings is 3. The van der Waals surface area contributed by atoms with Gasteiger partial charge >= 0.3 is 0 Å². The summed E-state index contributed by atoms with van der Waals surface area (Å²) in [6, 6.07) is 18.9. The topological polar surface area (TPSA) is 105 Å². The molecule has 1 fully saturated rings. The quantitative estimate of drug-likeness (QED) is 0.354. The van der Waals surface area contributed by atoms with Crippen molar-refractivity contribution in [3.8, 4) is 11.5 Å². The van der Waals surface area contributed by atoms with E-state index in [0.29, 0.717) is 35.3 Å². The number of amides is 2. The van der Waals surface area contributed by atoms with Gasteiger partial charge in [0.2, 0.25) is 11.8 Å². The first kappa shape index (κ1) is 29.7. The number of nitrogens with zero attached hydrogens (tertiary/aromatic N) is 2. The van der Waals surface area contributed by atoms with E-state index in [1.54, 1.807) is 67.6 Å². The van der Waals surface area contributed by atoms with Crippen molar-refractivity contribution >= 4 is 39.1 Å². The summed E-state index contributed by atoms with van der Waals surface area (Å²) >= 11 is 6.45. The molecule has 3 aromatic rings. The van der Waals surface area contributed by atoms with Crippen molar-refractivity contribution in [2.45, 2.75) is 56.1 Å². The maximum absolute atomic E-state index is 14.1. The second kappa shape index (κ2) is 13.0. The first-order chi connectivity index (χ1) is 20.2. The number of rotatable bonds is 10. The summed E-state index contributed by atoms with van der Waals surface area (Å²) in [5.74, 6) is 0.0279. The number of hydrogen-bond acceptors (Lipinski definition) is 6. The second-order valence-corrected chi connectivity index (χ2v) is 12.7. The summed E-state index contributed by atoms with van der Waals surface area (Å²) in [6.45, 7) is 1.83. The number of hydrogen-bond donors (Lipinski definition) is 1. The Morgan fingerprint density at radius 2 is 1.62 bits per heavy atom. The second-order valence-electron chi connectivity index (χ2n) is 10.4. The van der Waals surface area contributed by atoms with Crippen LogP contribution in [0.25, 0.3) is 0 Å². The normalized spacial score (nSPS) is 15.6. The smallest absolute Gasteiger partial charge is 0.264 e. The molecule has 2 amide bonds. The number of fused-ring (bicyclic) bond motifs is 1. The van der Waals surface area contributed by atoms with Crippen LogP contribution in [0.5, 0.6) is 11.5 Å². The molecule has 1 atom stereocenters. The third-order valence-electron chi connectivity index (χ3n) is 7.59. The Morgan fingerprint density at radius 1 is 0.952 bits per heavy atom. The average molecular weight is 612 g/mol. The number of carbonyl (C=O) groups is 2. The Morgan fingerprint density at radius 3 is 2.33 bits per heavy atom. The van der Waals surface area contributed by atoms with E-state index in [2.05, 4.69) is 5.32 Å². The van der Waals surface area contributed by atoms with Gasteiger partial charge in [0.05, 0.1) is 10.6 Å². The van der Waals surface area contributed by atoms with E-state index >= 15 is 0 Å². The summed E-state index contributed by atoms with van der Waals surface area (Å²) in [7, 11) is -4.19. The van der Waals surface area contributed by atoms with E-state index in [-0.39, 0.29) is 29.1 Å². The molecule has 1 aliphatic carbocycles. The molecule has 11 heteroatoms. The van der Waals surface area contributed by atoms with Gasteiger partial charge in [0.1, 0.15) is 25.8 Å². The highest BCUT2D eigenvalue weighted by Gasteiger charge is 2.34. The van der Waals surface area contributed by atoms with Crippen molar-refractivity contribution in [1.29, 1.82) is 0 Å². The van der Waals surface area contributed by atoms with Crippen LogP contribution in [0.3, 0.4) is 0 Å². The Labute approximate surface area is 251 Å². The van der Waals surface area contributed by atoms with Crippen molar-refractivity contribution in [3.05, 3.63) is 83.4 Å². The third-order valence-corrected chi connectivity index (χ3v) is 9.75. The molecule has 0 spiro atoms. The maximum atomic E-state index is 14.1. The molecule has 0 bridgehead atoms. The molecule has 3 aromatic carbocycles. The van der Waals surface area contributed by atoms with E-state index in [9.17, 15) is 18.0 Å². The van der Waals surface area contributed by atoms with Crippen LogP contribution in [0, 0.1) is 0 Å². The molecule has 1 aliphatic heterocycles. The molecular formula is C31H34ClN3O6S. The van der Waals surface area contributed by atoms with Crippen molar-refractivity contribution in [2.24, 2.45) is 0 Å². The van der Waals surface area contributed by atoms with E-state index in [0.717, 1.165) is 30.0 Å². The molecular weight excluding hydrogens is 578 g/mol. The van der Waals surface area contributed by atoms with Gasteiger partial charge in [0.15, 0.2) is 11.5 Å². The lowest BCUT2D eigenvalue weighted by atomic mass is 10.1. The zero-order chi connectivity index (χ0) is 29.7. The van der Waals surface area contributed by atoms with E-state index in [1.165, 1.54) is 17.0 Å². The molecule has 222 valence electrons. The molecule has 0 radical (unpaired) electrons. The van der Waals surface area contributed by atoms with Crippen molar-refractivity contribution in [2.75, 3.05) is 24.1 Å². The predicted octanol–water partition coefficient (Wildman–Crippen LogP) is 4.78. The summed E-state index contributed by atoms with van der Waals surface area (Å²) in [5, 5.41) is 3.51. The number of ether oxygens (including phenoxy) is 2. The van der Waals surface area contributed by atoms with Crippen LogP contribution >= 0.6 is 11.6 Å². The summed E-state index contributed by atoms with van der Waals surface area (Å²) in [6.07, 6.45) is 3.88. The van der Waals surface area contributed by atoms with Crippen LogP contribution < -0.4 is 19.1 Å². The largest absolute Gasteiger partial charge is 0.486 e. The molecule has 2 aliphatic rings. The number of sulfonamides is 1. The van der Waals surface area contributed by atoms with Crippen LogP contribution in [-0.4, -0.2) is 57.0 Å². The predicted molar refractivity (Wildman–Crippen MR) is 160 cm³/mol. The average Bonchev–Trinajstić information content (AvgIpc) is 3.52. The molecule has 0 unspecified atom stereocenters. The molecule has 9 nitrogen and oxygen atoms in total. The van der Waals surface area contributed by atoms with Crippen LogP contribution in [0.4, 0.5) is 5.69 Å². The minimum atomic E-state index is -4.19. The lowest BCUT2D eigenvalue weighted by Gasteiger charge is -2.33. The third kappa shape index (κ3) is 6.65. The monoisotopic (exact) mass is 611 g/mol. The van der Waals surface area contributed by atoms with Gasteiger partial charge in [-0.3, -0.25) is 13.9 Å². The highest BCUT2D eigenvalue weighted by atomic mass is 35.5. The van der Waals surface area contributed by atoms with Gasteiger partial charge in [0.25, 0.3) is 10.0 Å². The highest BCUT2D eigenvalue weighted by Crippen LogP contribution is 2.36. The van der Waals surface area contributed by atoms with Crippen molar-refractivity contribution in [1.82, 2.24) is 10.2 Å². The van der Waals surface area contributed by atoms with Crippen LogP contribution in [0.15, 0.2) is 77.7 Å². The highest BCUT2D eigenvalue weighted by molar-refractivity contribution is 7.92. The Balaban J connectivity index is 1.50. The van der Waals surface area contributed by atoms with Gasteiger partial charge in [-0.1, -0.05) is 60.8 Å². The Bertz CT molecular complexity index is 1530. The van der Waals surface area contributed by atoms with E-state index < -0.39 is 28.5 Å². The van der Waals surface area contributed by atoms with Crippen LogP contribution in [0.1, 0.15) is 38.2 Å². The standard InChI is InChI=1S/C31H34ClN3O6S/c1-22(31(37)33-24-10-6-7-11-24)34(20-23-9-5-8-14-27(23)32)30(36)21-35(42(38,39)26-12-3-2-4-13-26)25-15-16-28-29(19-25)41-18-17-40-28/h2-5,8-9,12-16,19,22,24H,6-7,10-11,17-18,20-21H2,1H3,(H,33,37)/t22-/m0/s1. The number of anilines is 1. The molecule has 0 aromatic heterocycles. The van der Waals surface area contributed by atoms with Crippen LogP contribution in [0.2, 0.25) is 5.02 Å². The van der Waals surface area contributed by atoms with Gasteiger partial charge in [-0.2, -0.15) is 0 Å². The Hall–Kier alpha value is -3.76. The summed E-state index contributed by atoms with van der Waals surface area (Å²) in [5.41, 5.74) is 0.877. The van der Waals surface area contributed by atoms with Crippen molar-refractivity contribution in [3.63, 3.8) is 0 Å². The minimum Gasteiger partial charge on any atom is -0.486 e. The summed E-state index contributed by atoms with van der Waals surface area (Å²) in [4.78, 5) is 28.9. The first-order valence-corrected chi connectivity index (χ1v) is 15.9. The SMILES string of the molecule is C[C@@H](C(=O)NC1CCCC1)N(Cc1ccccc1Cl)C(=O)CN(c1ccc2c(c1)OCCO2)S(=O)(=O)c1ccccc1. The molecule has 1 heterocycles. The molecule has 1 saturated carbocycles. The van der Waals surface area contributed by atoms with Gasteiger partial charge in [-0.25, -0.2) is 8.42 Å². The number of carbonyl (C=O) groups excluding carboxylic acids is 2. The zero-order valence-electron chi connectivity index (χ0n) is 23.4. The van der Waals surface area contributed by atoms with Gasteiger partial charge < -0.3 is 19.7 Å². The minimum absolute atomic E-state index is 0.0253. The Kier molecular flexibility index (Phi) is 9.23. The van der Waals surface area contributed by atoms with Gasteiger partial charge in [0, 0.05) is 23.7 Å². The van der Waals surface area contributed by atoms with Gasteiger partial charge in [-0.15, -0.1) is 0 Å². The van der Waals surface area contributed by atoms with E-state index in [4.69, 9.17) is 21.1 Å². The fourth-order valence-corrected chi connectivity index (χ4v) is 6.84. The summed E-state index contributed by atoms with van der Waals surface area (Å²) < 4.78 is 40.3. The number of nitrogens with one attached hydrogen (secondary N) is 1. The molecule has 5 rings (SSSR count). The van der Waals surface area contributed by atoms with Gasteiger partial charge in [-0.05, 0) is 55.7 Å². The lowest BCUT2D eigenvalue weighted by molar-refractivity contribution is -0.139. The maximum Gasteiger partial charge on any atom is 0.264 e. The fourth-order valence-electron chi connectivity index (χ4n) is 5.22. The van der Waals surface area contributed by atoms with Crippen LogP contribution in [-0.2, 0) is 26.2 Å². The molecule has 42 heavy (non-hydrogen) atoms. The zero-order valence-corrected chi connectivity index (χ0v) is 24.9. The molecule has 0 saturated heterocycles. The number of halogens is 1. The van der Waals surface area contributed by atoms with E-state index in [1.807, 2.05) is 0 Å².